The van der Waals surface area contributed by atoms with Crippen molar-refractivity contribution in [2.45, 2.75) is 6.04 Å². The van der Waals surface area contributed by atoms with Gasteiger partial charge in [0.15, 0.2) is 6.61 Å². The SMILES string of the molecule is O=C1COc2ccccc2N1CC(=O)N1CCNCC1c1cccc(F)c1. The lowest BCUT2D eigenvalue weighted by atomic mass is 10.0. The number of piperazine rings is 1. The summed E-state index contributed by atoms with van der Waals surface area (Å²) in [6, 6.07) is 13.2. The Bertz CT molecular complexity index is 873. The van der Waals surface area contributed by atoms with Gasteiger partial charge in [-0.25, -0.2) is 4.39 Å². The summed E-state index contributed by atoms with van der Waals surface area (Å²) in [6.07, 6.45) is 0. The fourth-order valence-electron chi connectivity index (χ4n) is 3.57. The van der Waals surface area contributed by atoms with Crippen LogP contribution in [0.1, 0.15) is 11.6 Å². The fraction of sp³-hybridized carbons (Fsp3) is 0.300. The predicted octanol–water partition coefficient (Wildman–Crippen LogP) is 1.72. The molecule has 1 atom stereocenters. The lowest BCUT2D eigenvalue weighted by molar-refractivity contribution is -0.134. The third kappa shape index (κ3) is 3.50. The van der Waals surface area contributed by atoms with Crippen molar-refractivity contribution in [3.63, 3.8) is 0 Å². The molecule has 2 aliphatic rings. The van der Waals surface area contributed by atoms with E-state index < -0.39 is 0 Å². The van der Waals surface area contributed by atoms with Gasteiger partial charge in [0.05, 0.1) is 11.7 Å². The molecule has 1 unspecified atom stereocenters. The molecule has 0 bridgehead atoms. The second kappa shape index (κ2) is 7.36. The number of ether oxygens (including phenoxy) is 1. The van der Waals surface area contributed by atoms with Crippen molar-refractivity contribution < 1.29 is 18.7 Å². The fourth-order valence-corrected chi connectivity index (χ4v) is 3.57. The van der Waals surface area contributed by atoms with E-state index in [1.54, 1.807) is 29.2 Å². The quantitative estimate of drug-likeness (QED) is 0.895. The van der Waals surface area contributed by atoms with Crippen LogP contribution in [0.3, 0.4) is 0 Å². The molecule has 2 aromatic carbocycles. The number of amides is 2. The predicted molar refractivity (Wildman–Crippen MR) is 98.0 cm³/mol. The standard InChI is InChI=1S/C20H20FN3O3/c21-15-5-3-4-14(10-15)17-11-22-8-9-23(17)19(25)12-24-16-6-1-2-7-18(16)27-13-20(24)26/h1-7,10,17,22H,8-9,11-13H2. The van der Waals surface area contributed by atoms with Crippen LogP contribution in [0, 0.1) is 5.82 Å². The van der Waals surface area contributed by atoms with E-state index in [4.69, 9.17) is 4.74 Å². The topological polar surface area (TPSA) is 61.9 Å². The summed E-state index contributed by atoms with van der Waals surface area (Å²) in [4.78, 5) is 28.6. The summed E-state index contributed by atoms with van der Waals surface area (Å²) in [5.41, 5.74) is 1.34. The Kier molecular flexibility index (Phi) is 4.77. The highest BCUT2D eigenvalue weighted by Gasteiger charge is 2.32. The minimum atomic E-state index is -0.331. The molecule has 140 valence electrons. The van der Waals surface area contributed by atoms with E-state index in [0.29, 0.717) is 31.1 Å². The highest BCUT2D eigenvalue weighted by atomic mass is 19.1. The van der Waals surface area contributed by atoms with Crippen molar-refractivity contribution in [1.82, 2.24) is 10.2 Å². The Balaban J connectivity index is 1.57. The van der Waals surface area contributed by atoms with Crippen molar-refractivity contribution >= 4 is 17.5 Å². The van der Waals surface area contributed by atoms with Crippen LogP contribution in [0.4, 0.5) is 10.1 Å². The highest BCUT2D eigenvalue weighted by molar-refractivity contribution is 6.02. The molecule has 0 aliphatic carbocycles. The van der Waals surface area contributed by atoms with Gasteiger partial charge in [-0.3, -0.25) is 14.5 Å². The molecule has 1 N–H and O–H groups in total. The Morgan fingerprint density at radius 2 is 2.07 bits per heavy atom. The van der Waals surface area contributed by atoms with E-state index in [2.05, 4.69) is 5.32 Å². The second-order valence-electron chi connectivity index (χ2n) is 6.60. The highest BCUT2D eigenvalue weighted by Crippen LogP contribution is 2.32. The third-order valence-corrected chi connectivity index (χ3v) is 4.90. The van der Waals surface area contributed by atoms with E-state index in [9.17, 15) is 14.0 Å². The number of carbonyl (C=O) groups excluding carboxylic acids is 2. The van der Waals surface area contributed by atoms with Crippen LogP contribution in [0.15, 0.2) is 48.5 Å². The Hall–Kier alpha value is -2.93. The van der Waals surface area contributed by atoms with Gasteiger partial charge < -0.3 is 15.0 Å². The van der Waals surface area contributed by atoms with E-state index >= 15 is 0 Å². The monoisotopic (exact) mass is 369 g/mol. The maximum absolute atomic E-state index is 13.6. The van der Waals surface area contributed by atoms with Crippen molar-refractivity contribution in [3.8, 4) is 5.75 Å². The van der Waals surface area contributed by atoms with Crippen LogP contribution in [0.2, 0.25) is 0 Å². The number of para-hydroxylation sites is 2. The van der Waals surface area contributed by atoms with Crippen LogP contribution in [-0.4, -0.2) is 49.5 Å². The first-order chi connectivity index (χ1) is 13.1. The van der Waals surface area contributed by atoms with Gasteiger partial charge in [0, 0.05) is 19.6 Å². The van der Waals surface area contributed by atoms with Crippen LogP contribution >= 0.6 is 0 Å². The van der Waals surface area contributed by atoms with Crippen molar-refractivity contribution in [2.24, 2.45) is 0 Å². The van der Waals surface area contributed by atoms with Gasteiger partial charge in [-0.15, -0.1) is 0 Å². The molecule has 2 aliphatic heterocycles. The van der Waals surface area contributed by atoms with E-state index in [0.717, 1.165) is 5.56 Å². The largest absolute Gasteiger partial charge is 0.482 e. The number of fused-ring (bicyclic) bond motifs is 1. The van der Waals surface area contributed by atoms with E-state index in [-0.39, 0.29) is 36.8 Å². The molecule has 0 saturated carbocycles. The molecule has 1 fully saturated rings. The minimum absolute atomic E-state index is 0.0645. The van der Waals surface area contributed by atoms with Gasteiger partial charge in [0.1, 0.15) is 18.1 Å². The number of hydrogen-bond donors (Lipinski definition) is 1. The molecule has 2 aromatic rings. The van der Waals surface area contributed by atoms with Crippen LogP contribution in [0.25, 0.3) is 0 Å². The normalized spacial score (nSPS) is 19.4. The summed E-state index contributed by atoms with van der Waals surface area (Å²) < 4.78 is 19.1. The van der Waals surface area contributed by atoms with Crippen LogP contribution in [0.5, 0.6) is 5.75 Å². The average molecular weight is 369 g/mol. The average Bonchev–Trinajstić information content (AvgIpc) is 2.70. The maximum atomic E-state index is 13.6. The third-order valence-electron chi connectivity index (χ3n) is 4.90. The minimum Gasteiger partial charge on any atom is -0.482 e. The van der Waals surface area contributed by atoms with E-state index in [1.807, 2.05) is 12.1 Å². The van der Waals surface area contributed by atoms with Crippen molar-refractivity contribution in [2.75, 3.05) is 37.7 Å². The zero-order valence-electron chi connectivity index (χ0n) is 14.7. The molecule has 7 heteroatoms. The number of nitrogens with zero attached hydrogens (tertiary/aromatic N) is 2. The maximum Gasteiger partial charge on any atom is 0.265 e. The molecular weight excluding hydrogens is 349 g/mol. The molecule has 1 saturated heterocycles. The molecule has 2 heterocycles. The van der Waals surface area contributed by atoms with Gasteiger partial charge in [-0.2, -0.15) is 0 Å². The smallest absolute Gasteiger partial charge is 0.265 e. The van der Waals surface area contributed by atoms with Gasteiger partial charge in [0.2, 0.25) is 5.91 Å². The Labute approximate surface area is 156 Å². The lowest BCUT2D eigenvalue weighted by Crippen LogP contribution is -2.53. The second-order valence-corrected chi connectivity index (χ2v) is 6.60. The zero-order chi connectivity index (χ0) is 18.8. The van der Waals surface area contributed by atoms with Crippen molar-refractivity contribution in [3.05, 3.63) is 59.9 Å². The molecule has 0 radical (unpaired) electrons. The number of anilines is 1. The molecular formula is C20H20FN3O3. The number of nitrogens with one attached hydrogen (secondary N) is 1. The van der Waals surface area contributed by atoms with Crippen LogP contribution < -0.4 is 15.0 Å². The van der Waals surface area contributed by atoms with Gasteiger partial charge in [0.25, 0.3) is 5.91 Å². The van der Waals surface area contributed by atoms with Gasteiger partial charge >= 0.3 is 0 Å². The first-order valence-electron chi connectivity index (χ1n) is 8.91. The van der Waals surface area contributed by atoms with Gasteiger partial charge in [-0.05, 0) is 29.8 Å². The molecule has 0 aromatic heterocycles. The molecule has 6 nitrogen and oxygen atoms in total. The summed E-state index contributed by atoms with van der Waals surface area (Å²) in [5.74, 6) is -0.162. The molecule has 4 rings (SSSR count). The number of rotatable bonds is 3. The van der Waals surface area contributed by atoms with E-state index in [1.165, 1.54) is 17.0 Å². The number of benzene rings is 2. The molecule has 27 heavy (non-hydrogen) atoms. The molecule has 2 amide bonds. The molecule has 0 spiro atoms. The Morgan fingerprint density at radius 3 is 2.93 bits per heavy atom. The zero-order valence-corrected chi connectivity index (χ0v) is 14.7. The first kappa shape index (κ1) is 17.5. The first-order valence-corrected chi connectivity index (χ1v) is 8.91. The summed E-state index contributed by atoms with van der Waals surface area (Å²) in [7, 11) is 0. The van der Waals surface area contributed by atoms with Gasteiger partial charge in [-0.1, -0.05) is 24.3 Å². The van der Waals surface area contributed by atoms with Crippen LogP contribution in [-0.2, 0) is 9.59 Å². The van der Waals surface area contributed by atoms with Crippen molar-refractivity contribution in [1.29, 1.82) is 0 Å². The summed E-state index contributed by atoms with van der Waals surface area (Å²) >= 11 is 0. The number of carbonyl (C=O) groups is 2. The lowest BCUT2D eigenvalue weighted by Gasteiger charge is -2.38. The number of halogens is 1. The number of hydrogen-bond acceptors (Lipinski definition) is 4. The summed E-state index contributed by atoms with van der Waals surface area (Å²) in [6.45, 7) is 1.55. The summed E-state index contributed by atoms with van der Waals surface area (Å²) in [5, 5.41) is 3.25. The Morgan fingerprint density at radius 1 is 1.22 bits per heavy atom.